The number of halogens is 3. The monoisotopic (exact) mass is 364 g/mol. The minimum atomic E-state index is -0.261. The maximum absolute atomic E-state index is 13.7. The number of hydrogen-bond acceptors (Lipinski definition) is 2. The first kappa shape index (κ1) is 15.1. The van der Waals surface area contributed by atoms with Gasteiger partial charge in [-0.15, -0.1) is 11.6 Å². The maximum Gasteiger partial charge on any atom is 0.139 e. The Morgan fingerprint density at radius 2 is 2.26 bits per heavy atom. The number of imidazole rings is 1. The van der Waals surface area contributed by atoms with Crippen molar-refractivity contribution in [1.29, 1.82) is 0 Å². The lowest BCUT2D eigenvalue weighted by Gasteiger charge is -2.13. The molecule has 1 aromatic carbocycles. The molecule has 0 N–H and O–H groups in total. The zero-order chi connectivity index (χ0) is 14.0. The van der Waals surface area contributed by atoms with E-state index < -0.39 is 0 Å². The molecule has 0 spiro atoms. The van der Waals surface area contributed by atoms with Gasteiger partial charge >= 0.3 is 0 Å². The van der Waals surface area contributed by atoms with Crippen LogP contribution in [-0.4, -0.2) is 26.9 Å². The van der Waals surface area contributed by atoms with Crippen molar-refractivity contribution in [2.75, 3.05) is 12.1 Å². The van der Waals surface area contributed by atoms with Crippen molar-refractivity contribution in [3.05, 3.63) is 28.2 Å². The number of thioether (sulfide) groups is 1. The molecule has 6 heteroatoms. The van der Waals surface area contributed by atoms with E-state index in [-0.39, 0.29) is 5.82 Å². The van der Waals surface area contributed by atoms with Gasteiger partial charge in [-0.1, -0.05) is 6.92 Å². The maximum atomic E-state index is 13.7. The Morgan fingerprint density at radius 1 is 1.53 bits per heavy atom. The summed E-state index contributed by atoms with van der Waals surface area (Å²) in [4.78, 5) is 4.56. The van der Waals surface area contributed by atoms with Crippen LogP contribution >= 0.6 is 39.3 Å². The minimum absolute atomic E-state index is 0.261. The lowest BCUT2D eigenvalue weighted by Crippen LogP contribution is -2.12. The Morgan fingerprint density at radius 3 is 2.89 bits per heavy atom. The largest absolute Gasteiger partial charge is 0.327 e. The third-order valence-electron chi connectivity index (χ3n) is 3.03. The molecule has 0 aliphatic carbocycles. The smallest absolute Gasteiger partial charge is 0.139 e. The molecule has 0 fully saturated rings. The Bertz CT molecular complexity index is 588. The van der Waals surface area contributed by atoms with Crippen molar-refractivity contribution in [3.63, 3.8) is 0 Å². The Balaban J connectivity index is 2.55. The molecule has 0 aliphatic rings. The topological polar surface area (TPSA) is 17.8 Å². The Hall–Kier alpha value is -0.260. The zero-order valence-corrected chi connectivity index (χ0v) is 13.9. The van der Waals surface area contributed by atoms with E-state index in [1.807, 2.05) is 0 Å². The van der Waals surface area contributed by atoms with Crippen LogP contribution in [0.3, 0.4) is 0 Å². The molecule has 1 heterocycles. The summed E-state index contributed by atoms with van der Waals surface area (Å²) in [5, 5.41) is 0.443. The predicted octanol–water partition coefficient (Wildman–Crippen LogP) is 4.47. The minimum Gasteiger partial charge on any atom is -0.327 e. The highest BCUT2D eigenvalue weighted by molar-refractivity contribution is 9.10. The molecule has 2 rings (SSSR count). The van der Waals surface area contributed by atoms with Gasteiger partial charge in [-0.05, 0) is 28.3 Å². The third kappa shape index (κ3) is 3.26. The van der Waals surface area contributed by atoms with Gasteiger partial charge in [0.05, 0.1) is 15.5 Å². The highest BCUT2D eigenvalue weighted by Gasteiger charge is 2.14. The van der Waals surface area contributed by atoms with Crippen LogP contribution in [0.4, 0.5) is 4.39 Å². The average molecular weight is 366 g/mol. The molecule has 0 saturated carbocycles. The van der Waals surface area contributed by atoms with Gasteiger partial charge in [-0.3, -0.25) is 0 Å². The van der Waals surface area contributed by atoms with Crippen molar-refractivity contribution in [3.8, 4) is 0 Å². The number of benzene rings is 1. The molecule has 0 aliphatic heterocycles. The summed E-state index contributed by atoms with van der Waals surface area (Å²) in [6.07, 6.45) is 2.76. The molecule has 0 bridgehead atoms. The van der Waals surface area contributed by atoms with Crippen molar-refractivity contribution < 1.29 is 4.39 Å². The summed E-state index contributed by atoms with van der Waals surface area (Å²) < 4.78 is 16.2. The number of hydrogen-bond donors (Lipinski definition) is 0. The van der Waals surface area contributed by atoms with Crippen LogP contribution in [0.1, 0.15) is 12.7 Å². The standard InChI is InChI=1S/C13H15BrClFN2S/c1-8(19-2)7-18-12-6-10(16)9(14)5-11(12)17-13(18)3-4-15/h5-6,8H,3-4,7H2,1-2H3. The van der Waals surface area contributed by atoms with E-state index in [0.717, 1.165) is 23.4 Å². The van der Waals surface area contributed by atoms with Crippen LogP contribution in [0.5, 0.6) is 0 Å². The molecule has 1 unspecified atom stereocenters. The summed E-state index contributed by atoms with van der Waals surface area (Å²) in [7, 11) is 0. The van der Waals surface area contributed by atoms with Gasteiger partial charge in [0.15, 0.2) is 0 Å². The second-order valence-electron chi connectivity index (χ2n) is 4.38. The molecule has 1 aromatic heterocycles. The summed E-state index contributed by atoms with van der Waals surface area (Å²) >= 11 is 10.8. The lowest BCUT2D eigenvalue weighted by atomic mass is 10.3. The van der Waals surface area contributed by atoms with Crippen LogP contribution < -0.4 is 0 Å². The van der Waals surface area contributed by atoms with E-state index in [0.29, 0.717) is 22.0 Å². The van der Waals surface area contributed by atoms with Crippen LogP contribution in [0.15, 0.2) is 16.6 Å². The second-order valence-corrected chi connectivity index (χ2v) is 6.89. The van der Waals surface area contributed by atoms with Gasteiger partial charge in [0.25, 0.3) is 0 Å². The van der Waals surface area contributed by atoms with E-state index >= 15 is 0 Å². The number of fused-ring (bicyclic) bond motifs is 1. The first-order valence-electron chi connectivity index (χ1n) is 5.99. The molecule has 0 radical (unpaired) electrons. The number of rotatable bonds is 5. The number of nitrogens with zero attached hydrogens (tertiary/aromatic N) is 2. The fraction of sp³-hybridized carbons (Fsp3) is 0.462. The van der Waals surface area contributed by atoms with E-state index in [1.165, 1.54) is 6.07 Å². The summed E-state index contributed by atoms with van der Waals surface area (Å²) in [6.45, 7) is 2.96. The van der Waals surface area contributed by atoms with Gasteiger partial charge in [0, 0.05) is 30.2 Å². The van der Waals surface area contributed by atoms with Crippen molar-refractivity contribution in [2.24, 2.45) is 0 Å². The SMILES string of the molecule is CSC(C)Cn1c(CCCl)nc2cc(Br)c(F)cc21. The summed E-state index contributed by atoms with van der Waals surface area (Å²) in [5.41, 5.74) is 1.64. The first-order chi connectivity index (χ1) is 9.06. The molecule has 104 valence electrons. The van der Waals surface area contributed by atoms with E-state index in [9.17, 15) is 4.39 Å². The van der Waals surface area contributed by atoms with Crippen LogP contribution in [0.25, 0.3) is 11.0 Å². The number of alkyl halides is 1. The molecule has 1 atom stereocenters. The first-order valence-corrected chi connectivity index (χ1v) is 8.61. The Kier molecular flexibility index (Phi) is 5.15. The highest BCUT2D eigenvalue weighted by Crippen LogP contribution is 2.25. The molecule has 19 heavy (non-hydrogen) atoms. The molecule has 0 saturated heterocycles. The van der Waals surface area contributed by atoms with Crippen LogP contribution in [0.2, 0.25) is 0 Å². The van der Waals surface area contributed by atoms with E-state index in [2.05, 4.69) is 38.7 Å². The molecule has 2 aromatic rings. The quantitative estimate of drug-likeness (QED) is 0.728. The van der Waals surface area contributed by atoms with Crippen molar-refractivity contribution >= 4 is 50.3 Å². The van der Waals surface area contributed by atoms with Crippen molar-refractivity contribution in [2.45, 2.75) is 25.1 Å². The van der Waals surface area contributed by atoms with Crippen LogP contribution in [0, 0.1) is 5.82 Å². The third-order valence-corrected chi connectivity index (χ3v) is 4.78. The van der Waals surface area contributed by atoms with Gasteiger partial charge in [-0.25, -0.2) is 9.37 Å². The number of aryl methyl sites for hydroxylation is 1. The van der Waals surface area contributed by atoms with Crippen molar-refractivity contribution in [1.82, 2.24) is 9.55 Å². The van der Waals surface area contributed by atoms with E-state index in [1.54, 1.807) is 17.8 Å². The predicted molar refractivity (Wildman–Crippen MR) is 84.8 cm³/mol. The summed E-state index contributed by atoms with van der Waals surface area (Å²) in [5.74, 6) is 1.17. The summed E-state index contributed by atoms with van der Waals surface area (Å²) in [6, 6.07) is 3.26. The van der Waals surface area contributed by atoms with E-state index in [4.69, 9.17) is 11.6 Å². The highest BCUT2D eigenvalue weighted by atomic mass is 79.9. The van der Waals surface area contributed by atoms with Gasteiger partial charge < -0.3 is 4.57 Å². The fourth-order valence-corrected chi connectivity index (χ4v) is 2.78. The molecule has 2 nitrogen and oxygen atoms in total. The fourth-order valence-electron chi connectivity index (χ4n) is 1.98. The van der Waals surface area contributed by atoms with Gasteiger partial charge in [0.2, 0.25) is 0 Å². The van der Waals surface area contributed by atoms with Gasteiger partial charge in [0.1, 0.15) is 11.6 Å². The lowest BCUT2D eigenvalue weighted by molar-refractivity contribution is 0.619. The Labute approximate surface area is 129 Å². The molecule has 0 amide bonds. The zero-order valence-electron chi connectivity index (χ0n) is 10.8. The van der Waals surface area contributed by atoms with Crippen LogP contribution in [-0.2, 0) is 13.0 Å². The average Bonchev–Trinajstić information content (AvgIpc) is 2.68. The number of aromatic nitrogens is 2. The second kappa shape index (κ2) is 6.46. The normalized spacial score (nSPS) is 13.1. The molecular formula is C13H15BrClFN2S. The van der Waals surface area contributed by atoms with Gasteiger partial charge in [-0.2, -0.15) is 11.8 Å². The molecular weight excluding hydrogens is 351 g/mol.